The lowest BCUT2D eigenvalue weighted by molar-refractivity contribution is 0.0509. The molecule has 0 radical (unpaired) electrons. The average molecular weight is 410 g/mol. The van der Waals surface area contributed by atoms with Crippen LogP contribution in [0.25, 0.3) is 5.78 Å². The number of carbonyl (C=O) groups is 2. The largest absolute Gasteiger partial charge is 0.460 e. The van der Waals surface area contributed by atoms with Gasteiger partial charge in [0, 0.05) is 17.5 Å². The van der Waals surface area contributed by atoms with Crippen LogP contribution in [-0.2, 0) is 4.74 Å². The highest BCUT2D eigenvalue weighted by Gasteiger charge is 2.27. The van der Waals surface area contributed by atoms with Crippen LogP contribution in [0.3, 0.4) is 0 Å². The molecule has 9 nitrogen and oxygen atoms in total. The predicted octanol–water partition coefficient (Wildman–Crippen LogP) is 2.23. The van der Waals surface area contributed by atoms with Crippen LogP contribution in [0.15, 0.2) is 35.1 Å². The molecule has 2 aromatic heterocycles. The fraction of sp³-hybridized carbons (Fsp3) is 0.188. The smallest absolute Gasteiger partial charge is 0.377 e. The van der Waals surface area contributed by atoms with Crippen molar-refractivity contribution in [3.05, 3.63) is 52.1 Å². The third-order valence-electron chi connectivity index (χ3n) is 3.52. The lowest BCUT2D eigenvalue weighted by Gasteiger charge is -2.10. The molecule has 3 aromatic rings. The molecule has 0 atom stereocenters. The van der Waals surface area contributed by atoms with Gasteiger partial charge in [-0.15, -0.1) is 20.9 Å². The van der Waals surface area contributed by atoms with E-state index >= 15 is 0 Å². The summed E-state index contributed by atoms with van der Waals surface area (Å²) in [5.74, 6) is -2.59. The Balaban J connectivity index is 2.27. The van der Waals surface area contributed by atoms with E-state index in [0.29, 0.717) is 5.69 Å². The number of ether oxygens (including phenoxy) is 1. The number of nitrogens with zero attached hydrogens (tertiary/aromatic N) is 4. The molecule has 27 heavy (non-hydrogen) atoms. The van der Waals surface area contributed by atoms with E-state index in [4.69, 9.17) is 28.1 Å². The molecular formula is C16H13Cl2N5O4. The van der Waals surface area contributed by atoms with Crippen LogP contribution in [0.1, 0.15) is 27.9 Å². The number of carbonyl (C=O) groups excluding carboxylic acids is 2. The first kappa shape index (κ1) is 18.9. The molecule has 1 N–H and O–H groups in total. The van der Waals surface area contributed by atoms with Crippen molar-refractivity contribution in [2.75, 3.05) is 17.8 Å². The third-order valence-corrected chi connectivity index (χ3v) is 3.99. The highest BCUT2D eigenvalue weighted by atomic mass is 35.5. The van der Waals surface area contributed by atoms with E-state index in [1.54, 1.807) is 37.3 Å². The number of hydrogen-bond acceptors (Lipinski definition) is 7. The van der Waals surface area contributed by atoms with Gasteiger partial charge in [-0.25, -0.2) is 9.20 Å². The quantitative estimate of drug-likeness (QED) is 0.377. The third kappa shape index (κ3) is 3.51. The molecule has 0 bridgehead atoms. The fourth-order valence-electron chi connectivity index (χ4n) is 2.39. The fourth-order valence-corrected chi connectivity index (χ4v) is 2.71. The molecule has 0 aliphatic carbocycles. The van der Waals surface area contributed by atoms with E-state index in [0.717, 1.165) is 8.60 Å². The first-order valence-electron chi connectivity index (χ1n) is 7.78. The van der Waals surface area contributed by atoms with Crippen molar-refractivity contribution in [1.82, 2.24) is 18.7 Å². The molecule has 0 aliphatic rings. The summed E-state index contributed by atoms with van der Waals surface area (Å²) in [4.78, 5) is 41.5. The Morgan fingerprint density at radius 3 is 2.59 bits per heavy atom. The zero-order chi connectivity index (χ0) is 19.6. The second kappa shape index (κ2) is 7.77. The number of nitrogens with one attached hydrogen (secondary N) is 1. The molecule has 1 aromatic carbocycles. The molecule has 11 heteroatoms. The van der Waals surface area contributed by atoms with Gasteiger partial charge in [-0.3, -0.25) is 9.59 Å². The SMILES string of the molecule is CCOC(=O)c1nn(Cl)c2nc(Nc3ccccc3)c(C(=O)CCl)c(=O)n12. The standard InChI is InChI=1S/C16H13Cl2N5O4/c1-2-27-15(26)13-21-23(18)16-20-12(19-9-6-4-3-5-7-9)11(10(24)8-17)14(25)22(13)16/h3-7,19H,2,8H2,1H3. The molecule has 0 unspecified atom stereocenters. The number of anilines is 2. The molecule has 0 spiro atoms. The van der Waals surface area contributed by atoms with Crippen molar-refractivity contribution in [3.8, 4) is 0 Å². The number of benzene rings is 1. The van der Waals surface area contributed by atoms with Crippen LogP contribution in [0.4, 0.5) is 11.5 Å². The minimum atomic E-state index is -0.876. The van der Waals surface area contributed by atoms with Crippen LogP contribution < -0.4 is 10.9 Å². The minimum Gasteiger partial charge on any atom is -0.460 e. The summed E-state index contributed by atoms with van der Waals surface area (Å²) in [6.07, 6.45) is 0. The first-order chi connectivity index (χ1) is 13.0. The molecule has 3 rings (SSSR count). The van der Waals surface area contributed by atoms with Gasteiger partial charge < -0.3 is 10.1 Å². The maximum absolute atomic E-state index is 13.0. The van der Waals surface area contributed by atoms with Crippen molar-refractivity contribution in [2.45, 2.75) is 6.92 Å². The number of esters is 1. The van der Waals surface area contributed by atoms with E-state index in [9.17, 15) is 14.4 Å². The van der Waals surface area contributed by atoms with Crippen LogP contribution >= 0.6 is 23.4 Å². The van der Waals surface area contributed by atoms with Gasteiger partial charge >= 0.3 is 5.97 Å². The number of alkyl halides is 1. The summed E-state index contributed by atoms with van der Waals surface area (Å²) in [7, 11) is 0. The van der Waals surface area contributed by atoms with E-state index in [1.807, 2.05) is 0 Å². The zero-order valence-corrected chi connectivity index (χ0v) is 15.5. The molecule has 2 heterocycles. The minimum absolute atomic E-state index is 0.0472. The highest BCUT2D eigenvalue weighted by molar-refractivity contribution is 6.31. The Morgan fingerprint density at radius 1 is 1.26 bits per heavy atom. The van der Waals surface area contributed by atoms with Gasteiger partial charge in [0.2, 0.25) is 0 Å². The topological polar surface area (TPSA) is 108 Å². The summed E-state index contributed by atoms with van der Waals surface area (Å²) in [5.41, 5.74) is -0.566. The number of hydrogen-bond donors (Lipinski definition) is 1. The van der Waals surface area contributed by atoms with Crippen LogP contribution in [0.5, 0.6) is 0 Å². The van der Waals surface area contributed by atoms with Crippen molar-refractivity contribution in [1.29, 1.82) is 0 Å². The summed E-state index contributed by atoms with van der Waals surface area (Å²) in [6.45, 7) is 1.67. The van der Waals surface area contributed by atoms with Crippen LogP contribution in [0.2, 0.25) is 0 Å². The number of halogens is 2. The van der Waals surface area contributed by atoms with Gasteiger partial charge in [-0.2, -0.15) is 4.98 Å². The van der Waals surface area contributed by atoms with E-state index in [-0.39, 0.29) is 23.8 Å². The summed E-state index contributed by atoms with van der Waals surface area (Å²) in [6, 6.07) is 8.78. The van der Waals surface area contributed by atoms with E-state index in [2.05, 4.69) is 15.4 Å². The zero-order valence-electron chi connectivity index (χ0n) is 14.0. The molecular weight excluding hydrogens is 397 g/mol. The number of para-hydroxylation sites is 1. The first-order valence-corrected chi connectivity index (χ1v) is 8.65. The average Bonchev–Trinajstić information content (AvgIpc) is 2.99. The summed E-state index contributed by atoms with van der Waals surface area (Å²) >= 11 is 11.6. The second-order valence-corrected chi connectivity index (χ2v) is 5.82. The Morgan fingerprint density at radius 2 is 1.96 bits per heavy atom. The number of aromatic nitrogens is 4. The van der Waals surface area contributed by atoms with Gasteiger partial charge in [-0.05, 0) is 19.1 Å². The number of ketones is 1. The molecule has 0 fully saturated rings. The van der Waals surface area contributed by atoms with Gasteiger partial charge in [-0.1, -0.05) is 18.2 Å². The highest BCUT2D eigenvalue weighted by Crippen LogP contribution is 2.19. The maximum atomic E-state index is 13.0. The molecule has 0 aliphatic heterocycles. The van der Waals surface area contributed by atoms with E-state index < -0.39 is 29.0 Å². The van der Waals surface area contributed by atoms with Crippen molar-refractivity contribution in [2.24, 2.45) is 0 Å². The van der Waals surface area contributed by atoms with Crippen molar-refractivity contribution >= 4 is 52.4 Å². The number of rotatable bonds is 6. The lowest BCUT2D eigenvalue weighted by Crippen LogP contribution is -2.28. The monoisotopic (exact) mass is 409 g/mol. The Bertz CT molecular complexity index is 1080. The van der Waals surface area contributed by atoms with Gasteiger partial charge in [0.15, 0.2) is 11.6 Å². The van der Waals surface area contributed by atoms with Gasteiger partial charge in [0.1, 0.15) is 5.56 Å². The Labute approximate surface area is 162 Å². The normalized spacial score (nSPS) is 10.8. The molecule has 0 saturated carbocycles. The molecule has 0 amide bonds. The summed E-state index contributed by atoms with van der Waals surface area (Å²) in [5, 5.41) is 6.67. The van der Waals surface area contributed by atoms with Gasteiger partial charge in [0.05, 0.1) is 12.5 Å². The predicted molar refractivity (Wildman–Crippen MR) is 99.2 cm³/mol. The maximum Gasteiger partial charge on any atom is 0.377 e. The summed E-state index contributed by atoms with van der Waals surface area (Å²) < 4.78 is 6.42. The van der Waals surface area contributed by atoms with E-state index in [1.165, 1.54) is 0 Å². The Kier molecular flexibility index (Phi) is 5.43. The second-order valence-electron chi connectivity index (χ2n) is 5.23. The van der Waals surface area contributed by atoms with Crippen molar-refractivity contribution in [3.63, 3.8) is 0 Å². The Hall–Kier alpha value is -2.91. The lowest BCUT2D eigenvalue weighted by atomic mass is 10.2. The molecule has 140 valence electrons. The number of Topliss-reactive ketones (excluding diaryl/α,β-unsaturated/α-hetero) is 1. The van der Waals surface area contributed by atoms with Crippen LogP contribution in [0, 0.1) is 0 Å². The van der Waals surface area contributed by atoms with Crippen molar-refractivity contribution < 1.29 is 14.3 Å². The van der Waals surface area contributed by atoms with Crippen LogP contribution in [-0.4, -0.2) is 42.9 Å². The number of fused-ring (bicyclic) bond motifs is 1. The van der Waals surface area contributed by atoms with Gasteiger partial charge in [0.25, 0.3) is 17.2 Å². The molecule has 0 saturated heterocycles.